The van der Waals surface area contributed by atoms with E-state index in [0.717, 1.165) is 37.2 Å². The Morgan fingerprint density at radius 1 is 1.33 bits per heavy atom. The van der Waals surface area contributed by atoms with Crippen LogP contribution in [0, 0.1) is 17.7 Å². The Hall–Kier alpha value is -0.700. The SMILES string of the molecule is CC1CCC(C(=O)Cc2cccc(F)c2Br)CC1. The summed E-state index contributed by atoms with van der Waals surface area (Å²) in [5, 5.41) is 0. The van der Waals surface area contributed by atoms with Crippen molar-refractivity contribution in [3.8, 4) is 0 Å². The molecule has 0 radical (unpaired) electrons. The summed E-state index contributed by atoms with van der Waals surface area (Å²) in [4.78, 5) is 12.2. The van der Waals surface area contributed by atoms with Gasteiger partial charge in [-0.2, -0.15) is 0 Å². The lowest BCUT2D eigenvalue weighted by molar-refractivity contribution is -0.123. The van der Waals surface area contributed by atoms with Crippen LogP contribution in [0.4, 0.5) is 4.39 Å². The first-order valence-electron chi connectivity index (χ1n) is 6.53. The van der Waals surface area contributed by atoms with Crippen molar-refractivity contribution in [3.63, 3.8) is 0 Å². The van der Waals surface area contributed by atoms with Crippen LogP contribution in [-0.4, -0.2) is 5.78 Å². The van der Waals surface area contributed by atoms with Crippen LogP contribution in [0.1, 0.15) is 38.2 Å². The van der Waals surface area contributed by atoms with Gasteiger partial charge in [0.2, 0.25) is 0 Å². The van der Waals surface area contributed by atoms with Crippen molar-refractivity contribution in [2.24, 2.45) is 11.8 Å². The lowest BCUT2D eigenvalue weighted by Gasteiger charge is -2.25. The number of ketones is 1. The van der Waals surface area contributed by atoms with E-state index in [1.807, 2.05) is 6.07 Å². The Labute approximate surface area is 116 Å². The first-order valence-corrected chi connectivity index (χ1v) is 7.33. The van der Waals surface area contributed by atoms with Gasteiger partial charge in [-0.25, -0.2) is 4.39 Å². The summed E-state index contributed by atoms with van der Waals surface area (Å²) in [5.74, 6) is 0.886. The molecule has 1 saturated carbocycles. The maximum Gasteiger partial charge on any atom is 0.140 e. The van der Waals surface area contributed by atoms with Gasteiger partial charge in [-0.3, -0.25) is 4.79 Å². The second-order valence-corrected chi connectivity index (χ2v) is 6.11. The lowest BCUT2D eigenvalue weighted by Crippen LogP contribution is -2.22. The van der Waals surface area contributed by atoms with Gasteiger partial charge in [0.05, 0.1) is 4.47 Å². The van der Waals surface area contributed by atoms with Gasteiger partial charge in [0, 0.05) is 12.3 Å². The molecule has 1 aromatic rings. The molecule has 0 atom stereocenters. The molecule has 0 spiro atoms. The van der Waals surface area contributed by atoms with Crippen LogP contribution in [0.5, 0.6) is 0 Å². The van der Waals surface area contributed by atoms with Gasteiger partial charge in [-0.1, -0.05) is 31.9 Å². The predicted octanol–water partition coefficient (Wildman–Crippen LogP) is 4.53. The van der Waals surface area contributed by atoms with Crippen molar-refractivity contribution in [2.75, 3.05) is 0 Å². The van der Waals surface area contributed by atoms with Gasteiger partial charge in [-0.15, -0.1) is 0 Å². The monoisotopic (exact) mass is 312 g/mol. The van der Waals surface area contributed by atoms with Crippen molar-refractivity contribution in [3.05, 3.63) is 34.1 Å². The standard InChI is InChI=1S/C15H18BrFO/c1-10-5-7-11(8-6-10)14(18)9-12-3-2-4-13(17)15(12)16/h2-4,10-11H,5-9H2,1H3. The summed E-state index contributed by atoms with van der Waals surface area (Å²) in [6.07, 6.45) is 4.61. The normalized spacial score (nSPS) is 23.9. The van der Waals surface area contributed by atoms with E-state index in [1.54, 1.807) is 6.07 Å². The van der Waals surface area contributed by atoms with E-state index < -0.39 is 0 Å². The number of hydrogen-bond acceptors (Lipinski definition) is 1. The Bertz CT molecular complexity index is 436. The highest BCUT2D eigenvalue weighted by molar-refractivity contribution is 9.10. The predicted molar refractivity (Wildman–Crippen MR) is 73.9 cm³/mol. The first-order chi connectivity index (χ1) is 8.58. The molecule has 0 unspecified atom stereocenters. The van der Waals surface area contributed by atoms with Gasteiger partial charge >= 0.3 is 0 Å². The molecule has 2 rings (SSSR count). The minimum absolute atomic E-state index is 0.177. The molecule has 0 N–H and O–H groups in total. The summed E-state index contributed by atoms with van der Waals surface area (Å²) in [5.41, 5.74) is 0.763. The van der Waals surface area contributed by atoms with Crippen molar-refractivity contribution >= 4 is 21.7 Å². The average Bonchev–Trinajstić information content (AvgIpc) is 2.36. The molecule has 0 saturated heterocycles. The van der Waals surface area contributed by atoms with E-state index in [1.165, 1.54) is 6.07 Å². The smallest absolute Gasteiger partial charge is 0.140 e. The molecule has 1 fully saturated rings. The molecule has 3 heteroatoms. The van der Waals surface area contributed by atoms with Crippen LogP contribution >= 0.6 is 15.9 Å². The van der Waals surface area contributed by atoms with E-state index in [9.17, 15) is 9.18 Å². The molecular weight excluding hydrogens is 295 g/mol. The van der Waals surface area contributed by atoms with Crippen molar-refractivity contribution in [1.82, 2.24) is 0 Å². The minimum atomic E-state index is -0.294. The molecule has 98 valence electrons. The molecule has 1 aliphatic rings. The average molecular weight is 313 g/mol. The Balaban J connectivity index is 2.01. The molecule has 0 aliphatic heterocycles. The highest BCUT2D eigenvalue weighted by atomic mass is 79.9. The Kier molecular flexibility index (Phi) is 4.55. The number of halogens is 2. The van der Waals surface area contributed by atoms with Crippen molar-refractivity contribution in [1.29, 1.82) is 0 Å². The zero-order valence-corrected chi connectivity index (χ0v) is 12.2. The third-order valence-electron chi connectivity index (χ3n) is 3.87. The van der Waals surface area contributed by atoms with E-state index >= 15 is 0 Å². The summed E-state index contributed by atoms with van der Waals surface area (Å²) in [6, 6.07) is 4.88. The van der Waals surface area contributed by atoms with Crippen LogP contribution in [0.25, 0.3) is 0 Å². The number of rotatable bonds is 3. The van der Waals surface area contributed by atoms with Crippen LogP contribution in [0.15, 0.2) is 22.7 Å². The van der Waals surface area contributed by atoms with Crippen molar-refractivity contribution in [2.45, 2.75) is 39.0 Å². The zero-order valence-electron chi connectivity index (χ0n) is 10.6. The van der Waals surface area contributed by atoms with E-state index in [4.69, 9.17) is 0 Å². The minimum Gasteiger partial charge on any atom is -0.299 e. The summed E-state index contributed by atoms with van der Waals surface area (Å²) < 4.78 is 13.8. The van der Waals surface area contributed by atoms with Gasteiger partial charge < -0.3 is 0 Å². The maximum absolute atomic E-state index is 13.4. The third kappa shape index (κ3) is 3.19. The van der Waals surface area contributed by atoms with E-state index in [0.29, 0.717) is 10.9 Å². The molecule has 0 amide bonds. The van der Waals surface area contributed by atoms with E-state index in [2.05, 4.69) is 22.9 Å². The fraction of sp³-hybridized carbons (Fsp3) is 0.533. The maximum atomic E-state index is 13.4. The number of carbonyl (C=O) groups is 1. The van der Waals surface area contributed by atoms with Gasteiger partial charge in [0.15, 0.2) is 0 Å². The molecule has 0 bridgehead atoms. The summed E-state index contributed by atoms with van der Waals surface area (Å²) >= 11 is 3.22. The molecule has 0 heterocycles. The van der Waals surface area contributed by atoms with Crippen LogP contribution in [0.2, 0.25) is 0 Å². The van der Waals surface area contributed by atoms with Gasteiger partial charge in [-0.05, 0) is 46.3 Å². The number of benzene rings is 1. The zero-order chi connectivity index (χ0) is 13.1. The quantitative estimate of drug-likeness (QED) is 0.801. The third-order valence-corrected chi connectivity index (χ3v) is 4.76. The second kappa shape index (κ2) is 5.96. The number of Topliss-reactive ketones (excluding diaryl/α,β-unsaturated/α-hetero) is 1. The fourth-order valence-corrected chi connectivity index (χ4v) is 3.00. The van der Waals surface area contributed by atoms with Crippen LogP contribution in [-0.2, 0) is 11.2 Å². The Morgan fingerprint density at radius 2 is 2.00 bits per heavy atom. The van der Waals surface area contributed by atoms with Crippen LogP contribution < -0.4 is 0 Å². The molecule has 18 heavy (non-hydrogen) atoms. The first kappa shape index (κ1) is 13.7. The molecule has 0 aromatic heterocycles. The van der Waals surface area contributed by atoms with Crippen LogP contribution in [0.3, 0.4) is 0 Å². The number of carbonyl (C=O) groups excluding carboxylic acids is 1. The molecule has 1 nitrogen and oxygen atoms in total. The Morgan fingerprint density at radius 3 is 2.67 bits per heavy atom. The highest BCUT2D eigenvalue weighted by Gasteiger charge is 2.24. The van der Waals surface area contributed by atoms with E-state index in [-0.39, 0.29) is 17.5 Å². The summed E-state index contributed by atoms with van der Waals surface area (Å²) in [7, 11) is 0. The summed E-state index contributed by atoms with van der Waals surface area (Å²) in [6.45, 7) is 2.24. The molecule has 1 aliphatic carbocycles. The van der Waals surface area contributed by atoms with Gasteiger partial charge in [0.1, 0.15) is 11.6 Å². The lowest BCUT2D eigenvalue weighted by atomic mass is 9.80. The highest BCUT2D eigenvalue weighted by Crippen LogP contribution is 2.30. The molecule has 1 aromatic carbocycles. The van der Waals surface area contributed by atoms with Gasteiger partial charge in [0.25, 0.3) is 0 Å². The van der Waals surface area contributed by atoms with Crippen molar-refractivity contribution < 1.29 is 9.18 Å². The second-order valence-electron chi connectivity index (χ2n) is 5.31. The number of hydrogen-bond donors (Lipinski definition) is 0. The fourth-order valence-electron chi connectivity index (χ4n) is 2.60. The topological polar surface area (TPSA) is 17.1 Å². The molecular formula is C15H18BrFO. The largest absolute Gasteiger partial charge is 0.299 e.